The molecule has 6 heteroatoms. The number of likely N-dealkylation sites (N-methyl/N-ethyl adjacent to an activating group) is 1. The van der Waals surface area contributed by atoms with Crippen molar-refractivity contribution in [1.29, 1.82) is 0 Å². The smallest absolute Gasteiger partial charge is 0.162 e. The number of benzene rings is 4. The van der Waals surface area contributed by atoms with Crippen LogP contribution >= 0.6 is 11.3 Å². The van der Waals surface area contributed by atoms with Crippen LogP contribution in [0.25, 0.3) is 70.7 Å². The molecular formula is C58H48N4OS. The third-order valence-corrected chi connectivity index (χ3v) is 15.1. The number of dihydropyridines is 1. The third kappa shape index (κ3) is 6.42. The molecule has 0 saturated heterocycles. The summed E-state index contributed by atoms with van der Waals surface area (Å²) in [5, 5.41) is 8.65. The van der Waals surface area contributed by atoms with Crippen LogP contribution in [0, 0.1) is 5.92 Å². The van der Waals surface area contributed by atoms with Crippen molar-refractivity contribution in [2.75, 3.05) is 7.05 Å². The van der Waals surface area contributed by atoms with Crippen LogP contribution in [0.15, 0.2) is 185 Å². The predicted octanol–water partition coefficient (Wildman–Crippen LogP) is 14.4. The molecule has 0 radical (unpaired) electrons. The van der Waals surface area contributed by atoms with Gasteiger partial charge in [-0.1, -0.05) is 123 Å². The molecule has 312 valence electrons. The molecule has 4 aromatic heterocycles. The van der Waals surface area contributed by atoms with E-state index in [1.165, 1.54) is 59.3 Å². The fourth-order valence-corrected chi connectivity index (χ4v) is 11.6. The topological polar surface area (TPSA) is 54.2 Å². The van der Waals surface area contributed by atoms with Gasteiger partial charge in [-0.2, -0.15) is 0 Å². The van der Waals surface area contributed by atoms with Gasteiger partial charge in [-0.15, -0.1) is 11.3 Å². The lowest BCUT2D eigenvalue weighted by molar-refractivity contribution is 0.416. The molecule has 0 fully saturated rings. The number of fused-ring (bicyclic) bond motifs is 8. The first-order valence-corrected chi connectivity index (χ1v) is 23.4. The monoisotopic (exact) mass is 848 g/mol. The second-order valence-electron chi connectivity index (χ2n) is 17.9. The number of nitrogens with zero attached hydrogens (tertiary/aromatic N) is 3. The molecule has 0 amide bonds. The van der Waals surface area contributed by atoms with Crippen molar-refractivity contribution in [2.45, 2.75) is 51.1 Å². The average Bonchev–Trinajstić information content (AvgIpc) is 3.91. The summed E-state index contributed by atoms with van der Waals surface area (Å²) < 4.78 is 9.40. The Labute approximate surface area is 377 Å². The number of allylic oxidation sites excluding steroid dienone is 9. The molecule has 2 aliphatic carbocycles. The van der Waals surface area contributed by atoms with Gasteiger partial charge >= 0.3 is 0 Å². The fourth-order valence-electron chi connectivity index (χ4n) is 10.5. The van der Waals surface area contributed by atoms with Crippen molar-refractivity contribution in [3.63, 3.8) is 0 Å². The second kappa shape index (κ2) is 15.4. The van der Waals surface area contributed by atoms with Crippen LogP contribution in [0.1, 0.15) is 67.1 Å². The van der Waals surface area contributed by atoms with Crippen molar-refractivity contribution >= 4 is 70.8 Å². The summed E-state index contributed by atoms with van der Waals surface area (Å²) in [7, 11) is 2.17. The molecule has 12 rings (SSSR count). The molecule has 0 saturated carbocycles. The SMILES string of the molecule is CC1C=CC=C(C2C=C(C3=CCC(C)C(c4ccc(-c5nc6c(c7c5oc5ccccc57)C=CC(c5ccc7sc8ccccc8c7c5)C6C)cc4)=C3)C=C(c3ccccn3)N2C)N1. The third-order valence-electron chi connectivity index (χ3n) is 13.9. The Kier molecular flexibility index (Phi) is 9.27. The predicted molar refractivity (Wildman–Crippen MR) is 268 cm³/mol. The normalized spacial score (nSPS) is 22.0. The lowest BCUT2D eigenvalue weighted by Gasteiger charge is -2.37. The Morgan fingerprint density at radius 2 is 1.58 bits per heavy atom. The first-order chi connectivity index (χ1) is 31.4. The number of rotatable bonds is 6. The van der Waals surface area contributed by atoms with E-state index in [9.17, 15) is 0 Å². The van der Waals surface area contributed by atoms with E-state index in [-0.39, 0.29) is 23.9 Å². The molecule has 0 spiro atoms. The zero-order valence-electron chi connectivity index (χ0n) is 36.4. The highest BCUT2D eigenvalue weighted by Gasteiger charge is 2.32. The molecule has 5 unspecified atom stereocenters. The molecular weight excluding hydrogens is 801 g/mol. The summed E-state index contributed by atoms with van der Waals surface area (Å²) in [5.41, 5.74) is 15.6. The quantitative estimate of drug-likeness (QED) is 0.181. The van der Waals surface area contributed by atoms with Gasteiger partial charge in [-0.3, -0.25) is 4.98 Å². The van der Waals surface area contributed by atoms with Crippen LogP contribution in [-0.4, -0.2) is 34.0 Å². The number of pyridine rings is 2. The lowest BCUT2D eigenvalue weighted by atomic mass is 9.78. The van der Waals surface area contributed by atoms with Crippen LogP contribution in [0.4, 0.5) is 0 Å². The molecule has 4 aromatic carbocycles. The van der Waals surface area contributed by atoms with Gasteiger partial charge in [0.1, 0.15) is 11.3 Å². The van der Waals surface area contributed by atoms with Gasteiger partial charge in [0, 0.05) is 78.9 Å². The number of hydrogen-bond donors (Lipinski definition) is 1. The molecule has 6 heterocycles. The Morgan fingerprint density at radius 3 is 2.42 bits per heavy atom. The Morgan fingerprint density at radius 1 is 0.781 bits per heavy atom. The Hall–Kier alpha value is -7.02. The van der Waals surface area contributed by atoms with Crippen molar-refractivity contribution in [3.8, 4) is 11.3 Å². The molecule has 2 aliphatic heterocycles. The first kappa shape index (κ1) is 38.6. The van der Waals surface area contributed by atoms with Gasteiger partial charge in [-0.05, 0) is 102 Å². The van der Waals surface area contributed by atoms with Gasteiger partial charge in [0.05, 0.1) is 23.1 Å². The minimum Gasteiger partial charge on any atom is -0.454 e. The van der Waals surface area contributed by atoms with E-state index < -0.39 is 0 Å². The maximum atomic E-state index is 6.74. The minimum atomic E-state index is 0.0403. The van der Waals surface area contributed by atoms with Crippen molar-refractivity contribution in [1.82, 2.24) is 20.2 Å². The highest BCUT2D eigenvalue weighted by atomic mass is 32.1. The summed E-state index contributed by atoms with van der Waals surface area (Å²) >= 11 is 1.87. The standard InChI is InChI=1S/C58H48N4OS/c1-34-19-20-39(41-32-50(48-15-9-10-29-59-48)62(4)51(33-41)49-16-11-12-35(2)60-49)30-46(34)37-21-23-38(24-22-37)57-58-55(44-14-5-7-17-52(44)63-58)45-27-26-42(36(3)56(45)61-57)40-25-28-54-47(31-40)43-13-6-8-18-53(43)64-54/h5-18,20-36,42,51,60H,19H2,1-4H3. The molecule has 4 aliphatic rings. The van der Waals surface area contributed by atoms with E-state index >= 15 is 0 Å². The second-order valence-corrected chi connectivity index (χ2v) is 19.0. The van der Waals surface area contributed by atoms with Crippen LogP contribution in [0.3, 0.4) is 0 Å². The van der Waals surface area contributed by atoms with Gasteiger partial charge < -0.3 is 14.6 Å². The highest BCUT2D eigenvalue weighted by molar-refractivity contribution is 7.25. The lowest BCUT2D eigenvalue weighted by Crippen LogP contribution is -2.41. The van der Waals surface area contributed by atoms with Crippen LogP contribution in [0.5, 0.6) is 0 Å². The van der Waals surface area contributed by atoms with E-state index in [1.807, 2.05) is 23.6 Å². The first-order valence-electron chi connectivity index (χ1n) is 22.6. The van der Waals surface area contributed by atoms with E-state index in [0.29, 0.717) is 5.92 Å². The van der Waals surface area contributed by atoms with Gasteiger partial charge in [0.2, 0.25) is 0 Å². The Bertz CT molecular complexity index is 3410. The maximum absolute atomic E-state index is 6.74. The summed E-state index contributed by atoms with van der Waals surface area (Å²) in [6.45, 7) is 6.88. The minimum absolute atomic E-state index is 0.0403. The number of nitrogens with one attached hydrogen (secondary N) is 1. The molecule has 5 nitrogen and oxygen atoms in total. The van der Waals surface area contributed by atoms with Crippen LogP contribution in [-0.2, 0) is 0 Å². The average molecular weight is 849 g/mol. The molecule has 5 atom stereocenters. The van der Waals surface area contributed by atoms with E-state index in [1.54, 1.807) is 0 Å². The number of hydrogen-bond acceptors (Lipinski definition) is 6. The molecule has 64 heavy (non-hydrogen) atoms. The Balaban J connectivity index is 0.917. The van der Waals surface area contributed by atoms with Crippen LogP contribution < -0.4 is 5.32 Å². The van der Waals surface area contributed by atoms with Gasteiger partial charge in [0.15, 0.2) is 5.58 Å². The van der Waals surface area contributed by atoms with Gasteiger partial charge in [0.25, 0.3) is 0 Å². The highest BCUT2D eigenvalue weighted by Crippen LogP contribution is 2.48. The largest absolute Gasteiger partial charge is 0.454 e. The van der Waals surface area contributed by atoms with Crippen molar-refractivity contribution in [3.05, 3.63) is 209 Å². The van der Waals surface area contributed by atoms with E-state index in [0.717, 1.165) is 56.7 Å². The summed E-state index contributed by atoms with van der Waals surface area (Å²) in [6.07, 6.45) is 23.6. The zero-order valence-corrected chi connectivity index (χ0v) is 37.2. The molecule has 0 bridgehead atoms. The fraction of sp³-hybridized carbons (Fsp3) is 0.172. The number of furan rings is 1. The van der Waals surface area contributed by atoms with E-state index in [4.69, 9.17) is 14.4 Å². The summed E-state index contributed by atoms with van der Waals surface area (Å²) in [6, 6.07) is 39.8. The molecule has 8 aromatic rings. The van der Waals surface area contributed by atoms with Gasteiger partial charge in [-0.25, -0.2) is 4.98 Å². The van der Waals surface area contributed by atoms with Crippen LogP contribution in [0.2, 0.25) is 0 Å². The summed E-state index contributed by atoms with van der Waals surface area (Å²) in [5.74, 6) is 0.712. The number of para-hydroxylation sites is 1. The van der Waals surface area contributed by atoms with Crippen molar-refractivity contribution in [2.24, 2.45) is 5.92 Å². The van der Waals surface area contributed by atoms with Crippen molar-refractivity contribution < 1.29 is 4.42 Å². The zero-order chi connectivity index (χ0) is 43.1. The maximum Gasteiger partial charge on any atom is 0.162 e. The van der Waals surface area contributed by atoms with E-state index in [2.05, 4.69) is 196 Å². The molecule has 1 N–H and O–H groups in total. The number of aromatic nitrogens is 2. The summed E-state index contributed by atoms with van der Waals surface area (Å²) in [4.78, 5) is 12.7. The number of thiophene rings is 1.